The minimum absolute atomic E-state index is 0.0714. The lowest BCUT2D eigenvalue weighted by Crippen LogP contribution is -2.42. The largest absolute Gasteiger partial charge is 0.378 e. The van der Waals surface area contributed by atoms with E-state index < -0.39 is 0 Å². The topological polar surface area (TPSA) is 67.1 Å². The van der Waals surface area contributed by atoms with Gasteiger partial charge in [0.25, 0.3) is 5.91 Å². The predicted molar refractivity (Wildman–Crippen MR) is 141 cm³/mol. The van der Waals surface area contributed by atoms with Gasteiger partial charge in [0.2, 0.25) is 5.91 Å². The molecule has 0 atom stereocenters. The van der Waals surface area contributed by atoms with Gasteiger partial charge in [-0.3, -0.25) is 14.5 Å². The molecule has 8 heteroatoms. The second-order valence-corrected chi connectivity index (χ2v) is 9.87. The molecular weight excluding hydrogens is 460 g/mol. The Morgan fingerprint density at radius 2 is 1.89 bits per heavy atom. The van der Waals surface area contributed by atoms with E-state index in [1.807, 2.05) is 64.2 Å². The summed E-state index contributed by atoms with van der Waals surface area (Å²) in [6.45, 7) is 6.77. The lowest BCUT2D eigenvalue weighted by Gasteiger charge is -2.27. The van der Waals surface area contributed by atoms with Crippen LogP contribution in [0.5, 0.6) is 0 Å². The molecule has 2 amide bonds. The summed E-state index contributed by atoms with van der Waals surface area (Å²) >= 11 is 1.37. The first-order valence-corrected chi connectivity index (χ1v) is 12.5. The Balaban J connectivity index is 1.44. The Morgan fingerprint density at radius 1 is 1.11 bits per heavy atom. The number of carbonyl (C=O) groups is 2. The highest BCUT2D eigenvalue weighted by Gasteiger charge is 2.31. The van der Waals surface area contributed by atoms with Crippen LogP contribution < -0.4 is 0 Å². The molecule has 1 aromatic heterocycles. The smallest absolute Gasteiger partial charge is 0.266 e. The Morgan fingerprint density at radius 3 is 2.66 bits per heavy atom. The lowest BCUT2D eigenvalue weighted by molar-refractivity contribution is -0.135. The van der Waals surface area contributed by atoms with Crippen molar-refractivity contribution in [1.82, 2.24) is 14.4 Å². The number of amides is 2. The van der Waals surface area contributed by atoms with Crippen LogP contribution in [-0.2, 0) is 20.9 Å². The number of thioether (sulfide) groups is 1. The van der Waals surface area contributed by atoms with Crippen LogP contribution in [0, 0.1) is 13.8 Å². The van der Waals surface area contributed by atoms with Gasteiger partial charge in [0.15, 0.2) is 5.17 Å². The molecule has 5 rings (SSSR count). The van der Waals surface area contributed by atoms with Gasteiger partial charge in [0.05, 0.1) is 23.8 Å². The second-order valence-electron chi connectivity index (χ2n) is 8.86. The van der Waals surface area contributed by atoms with Gasteiger partial charge >= 0.3 is 0 Å². The van der Waals surface area contributed by atoms with Gasteiger partial charge in [-0.05, 0) is 61.0 Å². The average Bonchev–Trinajstić information content (AvgIpc) is 3.34. The third-order valence-electron chi connectivity index (χ3n) is 6.49. The van der Waals surface area contributed by atoms with Crippen molar-refractivity contribution in [2.45, 2.75) is 20.4 Å². The molecule has 0 spiro atoms. The van der Waals surface area contributed by atoms with E-state index in [1.54, 1.807) is 11.9 Å². The molecule has 35 heavy (non-hydrogen) atoms. The molecular formula is C27H28N4O3S. The van der Waals surface area contributed by atoms with Crippen LogP contribution in [0.4, 0.5) is 5.69 Å². The highest BCUT2D eigenvalue weighted by atomic mass is 32.2. The summed E-state index contributed by atoms with van der Waals surface area (Å²) < 4.78 is 7.34. The monoisotopic (exact) mass is 488 g/mol. The molecule has 0 aliphatic carbocycles. The number of carbonyl (C=O) groups excluding carboxylic acids is 2. The summed E-state index contributed by atoms with van der Waals surface area (Å²) in [5.41, 5.74) is 5.08. The van der Waals surface area contributed by atoms with Crippen molar-refractivity contribution >= 4 is 51.4 Å². The van der Waals surface area contributed by atoms with E-state index in [0.29, 0.717) is 36.4 Å². The van der Waals surface area contributed by atoms with Gasteiger partial charge in [0.1, 0.15) is 6.54 Å². The van der Waals surface area contributed by atoms with Crippen LogP contribution in [0.25, 0.3) is 17.0 Å². The normalized spacial score (nSPS) is 18.9. The Hall–Kier alpha value is -3.36. The van der Waals surface area contributed by atoms with E-state index in [4.69, 9.17) is 9.73 Å². The highest BCUT2D eigenvalue weighted by Crippen LogP contribution is 2.35. The fraction of sp³-hybridized carbons (Fsp3) is 0.296. The van der Waals surface area contributed by atoms with Crippen LogP contribution >= 0.6 is 11.8 Å². The number of hydrogen-bond donors (Lipinski definition) is 0. The molecule has 0 bridgehead atoms. The van der Waals surface area contributed by atoms with Crippen molar-refractivity contribution in [2.24, 2.45) is 4.99 Å². The molecule has 3 heterocycles. The average molecular weight is 489 g/mol. The Labute approximate surface area is 209 Å². The Bertz CT molecular complexity index is 1370. The van der Waals surface area contributed by atoms with Gasteiger partial charge in [-0.15, -0.1) is 0 Å². The van der Waals surface area contributed by atoms with E-state index >= 15 is 0 Å². The van der Waals surface area contributed by atoms with Crippen molar-refractivity contribution in [3.8, 4) is 0 Å². The molecule has 3 aromatic rings. The van der Waals surface area contributed by atoms with Crippen LogP contribution in [0.3, 0.4) is 0 Å². The summed E-state index contributed by atoms with van der Waals surface area (Å²) in [7, 11) is 1.75. The fourth-order valence-corrected chi connectivity index (χ4v) is 5.26. The number of morpholine rings is 1. The number of ether oxygens (including phenoxy) is 1. The maximum atomic E-state index is 13.0. The van der Waals surface area contributed by atoms with E-state index in [2.05, 4.69) is 13.8 Å². The zero-order chi connectivity index (χ0) is 24.5. The number of benzene rings is 2. The minimum Gasteiger partial charge on any atom is -0.378 e. The number of para-hydroxylation sites is 1. The molecule has 0 radical (unpaired) electrons. The molecule has 2 aliphatic rings. The molecule has 2 aromatic carbocycles. The number of hydrogen-bond acceptors (Lipinski definition) is 5. The van der Waals surface area contributed by atoms with Crippen LogP contribution in [0.1, 0.15) is 16.7 Å². The summed E-state index contributed by atoms with van der Waals surface area (Å²) in [5.74, 6) is -0.0130. The van der Waals surface area contributed by atoms with Crippen molar-refractivity contribution in [3.05, 3.63) is 70.3 Å². The van der Waals surface area contributed by atoms with Gasteiger partial charge in [-0.25, -0.2) is 4.99 Å². The number of fused-ring (bicyclic) bond motifs is 1. The minimum atomic E-state index is -0.0844. The summed E-state index contributed by atoms with van der Waals surface area (Å²) in [5, 5.41) is 1.65. The van der Waals surface area contributed by atoms with Crippen LogP contribution in [-0.4, -0.2) is 64.7 Å². The standard InChI is InChI=1S/C27H28N4O3S/c1-18-8-9-21(14-19(18)2)28-27-29(3)26(33)24(35-27)15-20-16-31(23-7-5-4-6-22(20)23)17-25(32)30-10-12-34-13-11-30/h4-9,14-16H,10-13,17H2,1-3H3/b24-15-,28-27?. The number of aromatic nitrogens is 1. The van der Waals surface area contributed by atoms with Crippen LogP contribution in [0.15, 0.2) is 58.6 Å². The van der Waals surface area contributed by atoms with E-state index in [1.165, 1.54) is 22.9 Å². The maximum absolute atomic E-state index is 13.0. The SMILES string of the molecule is Cc1ccc(N=C2S/C(=C\c3cn(CC(=O)N4CCOCC4)c4ccccc34)C(=O)N2C)cc1C. The molecule has 2 aliphatic heterocycles. The van der Waals surface area contributed by atoms with Gasteiger partial charge in [-0.2, -0.15) is 0 Å². The maximum Gasteiger partial charge on any atom is 0.266 e. The van der Waals surface area contributed by atoms with Gasteiger partial charge in [0, 0.05) is 42.8 Å². The molecule has 180 valence electrons. The number of nitrogens with zero attached hydrogens (tertiary/aromatic N) is 4. The van der Waals surface area contributed by atoms with Crippen LogP contribution in [0.2, 0.25) is 0 Å². The van der Waals surface area contributed by atoms with Gasteiger partial charge in [-0.1, -0.05) is 24.3 Å². The zero-order valence-corrected chi connectivity index (χ0v) is 21.0. The van der Waals surface area contributed by atoms with Crippen molar-refractivity contribution in [1.29, 1.82) is 0 Å². The highest BCUT2D eigenvalue weighted by molar-refractivity contribution is 8.18. The van der Waals surface area contributed by atoms with Crippen molar-refractivity contribution in [3.63, 3.8) is 0 Å². The summed E-state index contributed by atoms with van der Waals surface area (Å²) in [6.07, 6.45) is 3.87. The first-order chi connectivity index (χ1) is 16.9. The summed E-state index contributed by atoms with van der Waals surface area (Å²) in [6, 6.07) is 14.0. The second kappa shape index (κ2) is 9.71. The first kappa shape index (κ1) is 23.4. The third-order valence-corrected chi connectivity index (χ3v) is 7.55. The number of amidine groups is 1. The van der Waals surface area contributed by atoms with E-state index in [0.717, 1.165) is 22.2 Å². The molecule has 0 N–H and O–H groups in total. The van der Waals surface area contributed by atoms with E-state index in [-0.39, 0.29) is 18.4 Å². The van der Waals surface area contributed by atoms with Crippen molar-refractivity contribution in [2.75, 3.05) is 33.4 Å². The van der Waals surface area contributed by atoms with Gasteiger partial charge < -0.3 is 14.2 Å². The molecule has 2 fully saturated rings. The molecule has 2 saturated heterocycles. The van der Waals surface area contributed by atoms with Crippen molar-refractivity contribution < 1.29 is 14.3 Å². The molecule has 0 unspecified atom stereocenters. The number of aryl methyl sites for hydroxylation is 2. The first-order valence-electron chi connectivity index (χ1n) is 11.7. The Kier molecular flexibility index (Phi) is 6.49. The number of likely N-dealkylation sites (N-methyl/N-ethyl adjacent to an activating group) is 1. The summed E-state index contributed by atoms with van der Waals surface area (Å²) in [4.78, 5) is 34.7. The fourth-order valence-electron chi connectivity index (χ4n) is 4.28. The zero-order valence-electron chi connectivity index (χ0n) is 20.2. The third kappa shape index (κ3) is 4.76. The molecule has 0 saturated carbocycles. The predicted octanol–water partition coefficient (Wildman–Crippen LogP) is 4.35. The molecule has 7 nitrogen and oxygen atoms in total. The van der Waals surface area contributed by atoms with E-state index in [9.17, 15) is 9.59 Å². The lowest BCUT2D eigenvalue weighted by atomic mass is 10.1. The number of aliphatic imine (C=N–C) groups is 1. The quantitative estimate of drug-likeness (QED) is 0.512. The number of rotatable bonds is 4.